The Balaban J connectivity index is 1.92. The molecule has 0 saturated carbocycles. The molecule has 94 valence electrons. The minimum absolute atomic E-state index is 0.196. The Morgan fingerprint density at radius 1 is 0.947 bits per heavy atom. The fourth-order valence-electron chi connectivity index (χ4n) is 2.22. The van der Waals surface area contributed by atoms with E-state index in [0.717, 1.165) is 28.8 Å². The van der Waals surface area contributed by atoms with Crippen molar-refractivity contribution in [2.75, 3.05) is 0 Å². The first-order valence-electron chi connectivity index (χ1n) is 6.01. The molecule has 5 heteroatoms. The van der Waals surface area contributed by atoms with Crippen LogP contribution in [0, 0.1) is 0 Å². The Bertz CT molecular complexity index is 619. The molecule has 1 atom stereocenters. The average molecular weight is 251 g/mol. The highest BCUT2D eigenvalue weighted by atomic mass is 14.8. The first-order chi connectivity index (χ1) is 9.33. The molecule has 2 aromatic rings. The van der Waals surface area contributed by atoms with Gasteiger partial charge < -0.3 is 5.73 Å². The number of rotatable bonds is 2. The molecule has 0 bridgehead atoms. The lowest BCUT2D eigenvalue weighted by atomic mass is 9.86. The maximum Gasteiger partial charge on any atom is 0.115 e. The smallest absolute Gasteiger partial charge is 0.115 e. The van der Waals surface area contributed by atoms with Crippen molar-refractivity contribution in [1.29, 1.82) is 0 Å². The van der Waals surface area contributed by atoms with E-state index >= 15 is 0 Å². The van der Waals surface area contributed by atoms with Gasteiger partial charge in [-0.1, -0.05) is 6.08 Å². The summed E-state index contributed by atoms with van der Waals surface area (Å²) in [5, 5.41) is 0. The van der Waals surface area contributed by atoms with Gasteiger partial charge >= 0.3 is 0 Å². The standard InChI is InChI=1S/C14H13N5/c15-14-2-10(12-4-16-8-17-5-12)1-11(3-14)13-6-18-9-19-7-13/h2-10H,1,15H2/t10-/m1/s1. The molecule has 0 aliphatic heterocycles. The Hall–Kier alpha value is -2.56. The zero-order valence-corrected chi connectivity index (χ0v) is 10.3. The second-order valence-corrected chi connectivity index (χ2v) is 4.45. The normalized spacial score (nSPS) is 18.6. The number of hydrogen-bond donors (Lipinski definition) is 1. The van der Waals surface area contributed by atoms with Crippen LogP contribution in [0.4, 0.5) is 0 Å². The van der Waals surface area contributed by atoms with Crippen LogP contribution >= 0.6 is 0 Å². The molecule has 2 aromatic heterocycles. The zero-order chi connectivity index (χ0) is 13.1. The van der Waals surface area contributed by atoms with Gasteiger partial charge in [-0.2, -0.15) is 0 Å². The highest BCUT2D eigenvalue weighted by molar-refractivity contribution is 5.69. The van der Waals surface area contributed by atoms with Crippen molar-refractivity contribution < 1.29 is 0 Å². The SMILES string of the molecule is NC1=C[C@H](c2cncnc2)CC(c2cncnc2)=C1. The van der Waals surface area contributed by atoms with Crippen molar-refractivity contribution in [1.82, 2.24) is 19.9 Å². The van der Waals surface area contributed by atoms with E-state index in [1.807, 2.05) is 24.5 Å². The van der Waals surface area contributed by atoms with Gasteiger partial charge in [-0.3, -0.25) is 0 Å². The summed E-state index contributed by atoms with van der Waals surface area (Å²) in [4.78, 5) is 16.2. The molecule has 0 unspecified atom stereocenters. The average Bonchev–Trinajstić information content (AvgIpc) is 2.48. The lowest BCUT2D eigenvalue weighted by molar-refractivity contribution is 0.836. The Morgan fingerprint density at radius 2 is 1.58 bits per heavy atom. The van der Waals surface area contributed by atoms with Gasteiger partial charge in [0, 0.05) is 42.0 Å². The summed E-state index contributed by atoms with van der Waals surface area (Å²) < 4.78 is 0. The first-order valence-corrected chi connectivity index (χ1v) is 6.01. The van der Waals surface area contributed by atoms with Gasteiger partial charge in [0.25, 0.3) is 0 Å². The van der Waals surface area contributed by atoms with Crippen molar-refractivity contribution in [3.05, 3.63) is 66.4 Å². The summed E-state index contributed by atoms with van der Waals surface area (Å²) in [7, 11) is 0. The number of hydrogen-bond acceptors (Lipinski definition) is 5. The molecule has 0 saturated heterocycles. The van der Waals surface area contributed by atoms with Gasteiger partial charge in [0.1, 0.15) is 12.7 Å². The van der Waals surface area contributed by atoms with Crippen LogP contribution in [0.3, 0.4) is 0 Å². The number of nitrogens with two attached hydrogens (primary N) is 1. The van der Waals surface area contributed by atoms with Crippen molar-refractivity contribution >= 4 is 5.57 Å². The van der Waals surface area contributed by atoms with Crippen LogP contribution < -0.4 is 5.73 Å². The Kier molecular flexibility index (Phi) is 3.02. The second-order valence-electron chi connectivity index (χ2n) is 4.45. The molecule has 3 rings (SSSR count). The fraction of sp³-hybridized carbons (Fsp3) is 0.143. The summed E-state index contributed by atoms with van der Waals surface area (Å²) >= 11 is 0. The summed E-state index contributed by atoms with van der Waals surface area (Å²) in [6, 6.07) is 0. The topological polar surface area (TPSA) is 77.6 Å². The predicted octanol–water partition coefficient (Wildman–Crippen LogP) is 1.68. The van der Waals surface area contributed by atoms with Crippen LogP contribution in [-0.4, -0.2) is 19.9 Å². The van der Waals surface area contributed by atoms with E-state index in [-0.39, 0.29) is 5.92 Å². The van der Waals surface area contributed by atoms with E-state index in [2.05, 4.69) is 19.9 Å². The van der Waals surface area contributed by atoms with Gasteiger partial charge in [-0.25, -0.2) is 19.9 Å². The van der Waals surface area contributed by atoms with Gasteiger partial charge in [0.2, 0.25) is 0 Å². The van der Waals surface area contributed by atoms with Crippen molar-refractivity contribution in [3.8, 4) is 0 Å². The molecule has 0 amide bonds. The molecule has 0 aromatic carbocycles. The molecule has 0 spiro atoms. The fourth-order valence-corrected chi connectivity index (χ4v) is 2.22. The minimum atomic E-state index is 0.196. The van der Waals surface area contributed by atoms with Crippen molar-refractivity contribution in [2.24, 2.45) is 5.73 Å². The zero-order valence-electron chi connectivity index (χ0n) is 10.3. The molecule has 1 aliphatic carbocycles. The quantitative estimate of drug-likeness (QED) is 0.878. The van der Waals surface area contributed by atoms with Crippen LogP contribution in [0.2, 0.25) is 0 Å². The van der Waals surface area contributed by atoms with E-state index in [1.165, 1.54) is 12.7 Å². The van der Waals surface area contributed by atoms with Crippen LogP contribution in [-0.2, 0) is 0 Å². The molecule has 0 fully saturated rings. The van der Waals surface area contributed by atoms with Gasteiger partial charge in [-0.05, 0) is 23.6 Å². The van der Waals surface area contributed by atoms with Gasteiger partial charge in [0.05, 0.1) is 0 Å². The molecule has 19 heavy (non-hydrogen) atoms. The molecular weight excluding hydrogens is 238 g/mol. The number of aromatic nitrogens is 4. The maximum absolute atomic E-state index is 5.99. The Morgan fingerprint density at radius 3 is 2.26 bits per heavy atom. The third-order valence-corrected chi connectivity index (χ3v) is 3.11. The third-order valence-electron chi connectivity index (χ3n) is 3.11. The second kappa shape index (κ2) is 4.97. The summed E-state index contributed by atoms with van der Waals surface area (Å²) in [6.45, 7) is 0. The minimum Gasteiger partial charge on any atom is -0.399 e. The molecule has 0 radical (unpaired) electrons. The van der Waals surface area contributed by atoms with Crippen LogP contribution in [0.5, 0.6) is 0 Å². The van der Waals surface area contributed by atoms with E-state index in [9.17, 15) is 0 Å². The van der Waals surface area contributed by atoms with Crippen LogP contribution in [0.25, 0.3) is 5.57 Å². The van der Waals surface area contributed by atoms with Gasteiger partial charge in [0.15, 0.2) is 0 Å². The lowest BCUT2D eigenvalue weighted by Crippen LogP contribution is -2.08. The highest BCUT2D eigenvalue weighted by Crippen LogP contribution is 2.33. The number of nitrogens with zero attached hydrogens (tertiary/aromatic N) is 4. The lowest BCUT2D eigenvalue weighted by Gasteiger charge is -2.20. The maximum atomic E-state index is 5.99. The summed E-state index contributed by atoms with van der Waals surface area (Å²) in [5.74, 6) is 0.196. The molecule has 1 aliphatic rings. The predicted molar refractivity (Wildman–Crippen MR) is 71.7 cm³/mol. The van der Waals surface area contributed by atoms with E-state index in [0.29, 0.717) is 0 Å². The van der Waals surface area contributed by atoms with Gasteiger partial charge in [-0.15, -0.1) is 0 Å². The van der Waals surface area contributed by atoms with E-state index in [4.69, 9.17) is 5.73 Å². The molecule has 2 heterocycles. The van der Waals surface area contributed by atoms with E-state index < -0.39 is 0 Å². The van der Waals surface area contributed by atoms with E-state index in [1.54, 1.807) is 12.4 Å². The van der Waals surface area contributed by atoms with Crippen molar-refractivity contribution in [3.63, 3.8) is 0 Å². The monoisotopic (exact) mass is 251 g/mol. The number of allylic oxidation sites excluding steroid dienone is 3. The molecular formula is C14H13N5. The first kappa shape index (κ1) is 11.5. The highest BCUT2D eigenvalue weighted by Gasteiger charge is 2.18. The third kappa shape index (κ3) is 2.49. The van der Waals surface area contributed by atoms with Crippen molar-refractivity contribution in [2.45, 2.75) is 12.3 Å². The molecule has 2 N–H and O–H groups in total. The van der Waals surface area contributed by atoms with Crippen LogP contribution in [0.1, 0.15) is 23.5 Å². The van der Waals surface area contributed by atoms with Crippen LogP contribution in [0.15, 0.2) is 55.3 Å². The summed E-state index contributed by atoms with van der Waals surface area (Å²) in [5.41, 5.74) is 9.94. The molecule has 5 nitrogen and oxygen atoms in total. The Labute approximate surface area is 111 Å². The summed E-state index contributed by atoms with van der Waals surface area (Å²) in [6.07, 6.45) is 15.2. The largest absolute Gasteiger partial charge is 0.399 e.